The van der Waals surface area contributed by atoms with E-state index >= 15 is 0 Å². The van der Waals surface area contributed by atoms with E-state index < -0.39 is 0 Å². The van der Waals surface area contributed by atoms with Crippen molar-refractivity contribution in [1.82, 2.24) is 4.98 Å². The lowest BCUT2D eigenvalue weighted by Gasteiger charge is -2.02. The Labute approximate surface area is 83.2 Å². The molecule has 1 aliphatic carbocycles. The fraction of sp³-hybridized carbons (Fsp3) is 0.545. The van der Waals surface area contributed by atoms with Gasteiger partial charge in [-0.15, -0.1) is 17.8 Å². The van der Waals surface area contributed by atoms with Gasteiger partial charge >= 0.3 is 0 Å². The van der Waals surface area contributed by atoms with Gasteiger partial charge in [0.1, 0.15) is 0 Å². The van der Waals surface area contributed by atoms with Gasteiger partial charge in [0.25, 0.3) is 0 Å². The van der Waals surface area contributed by atoms with Gasteiger partial charge in [-0.3, -0.25) is 0 Å². The summed E-state index contributed by atoms with van der Waals surface area (Å²) >= 11 is 1.73. The van der Waals surface area contributed by atoms with Crippen LogP contribution in [0.5, 0.6) is 0 Å². The fourth-order valence-electron chi connectivity index (χ4n) is 1.37. The van der Waals surface area contributed by atoms with Crippen LogP contribution in [0.25, 0.3) is 0 Å². The highest BCUT2D eigenvalue weighted by atomic mass is 32.1. The van der Waals surface area contributed by atoms with Gasteiger partial charge in [-0.25, -0.2) is 4.98 Å². The van der Waals surface area contributed by atoms with Crippen LogP contribution in [0.4, 0.5) is 0 Å². The van der Waals surface area contributed by atoms with Crippen LogP contribution in [0.2, 0.25) is 0 Å². The van der Waals surface area contributed by atoms with E-state index in [-0.39, 0.29) is 5.41 Å². The molecule has 1 heterocycles. The van der Waals surface area contributed by atoms with Gasteiger partial charge < -0.3 is 0 Å². The molecule has 0 N–H and O–H groups in total. The van der Waals surface area contributed by atoms with Crippen LogP contribution in [-0.4, -0.2) is 4.98 Å². The number of terminal acetylenes is 1. The van der Waals surface area contributed by atoms with E-state index in [9.17, 15) is 0 Å². The first-order valence-corrected chi connectivity index (χ1v) is 5.49. The molecule has 1 saturated carbocycles. The monoisotopic (exact) mass is 191 g/mol. The maximum absolute atomic E-state index is 5.50. The second-order valence-electron chi connectivity index (χ2n) is 3.95. The summed E-state index contributed by atoms with van der Waals surface area (Å²) in [6, 6.07) is 0. The minimum absolute atomic E-state index is 0.0175. The summed E-state index contributed by atoms with van der Waals surface area (Å²) in [6.45, 7) is 4.33. The van der Waals surface area contributed by atoms with Gasteiger partial charge in [-0.2, -0.15) is 0 Å². The predicted octanol–water partition coefficient (Wildman–Crippen LogP) is 2.93. The maximum Gasteiger partial charge on any atom is 0.0954 e. The van der Waals surface area contributed by atoms with Gasteiger partial charge in [0.2, 0.25) is 0 Å². The lowest BCUT2D eigenvalue weighted by Crippen LogP contribution is -2.03. The molecule has 0 amide bonds. The minimum Gasteiger partial charge on any atom is -0.244 e. The molecule has 13 heavy (non-hydrogen) atoms. The summed E-state index contributed by atoms with van der Waals surface area (Å²) in [5, 5.41) is 3.33. The van der Waals surface area contributed by atoms with Crippen LogP contribution in [0.15, 0.2) is 5.38 Å². The van der Waals surface area contributed by atoms with Crippen molar-refractivity contribution < 1.29 is 0 Å². The van der Waals surface area contributed by atoms with Crippen LogP contribution in [0, 0.1) is 12.3 Å². The lowest BCUT2D eigenvalue weighted by atomic mass is 10.1. The lowest BCUT2D eigenvalue weighted by molar-refractivity contribution is 0.812. The smallest absolute Gasteiger partial charge is 0.0954 e. The van der Waals surface area contributed by atoms with E-state index in [0.717, 1.165) is 18.5 Å². The second kappa shape index (κ2) is 2.85. The molecule has 0 radical (unpaired) electrons. The number of nitrogens with zero attached hydrogens (tertiary/aromatic N) is 1. The topological polar surface area (TPSA) is 12.9 Å². The molecule has 0 atom stereocenters. The van der Waals surface area contributed by atoms with Crippen molar-refractivity contribution in [1.29, 1.82) is 0 Å². The quantitative estimate of drug-likeness (QED) is 0.655. The maximum atomic E-state index is 5.50. The zero-order valence-electron chi connectivity index (χ0n) is 8.00. The molecule has 2 rings (SSSR count). The van der Waals surface area contributed by atoms with E-state index in [1.54, 1.807) is 11.3 Å². The molecule has 2 heteroatoms. The van der Waals surface area contributed by atoms with Crippen molar-refractivity contribution in [2.45, 2.75) is 38.0 Å². The average Bonchev–Trinajstić information content (AvgIpc) is 2.75. The first-order valence-electron chi connectivity index (χ1n) is 4.61. The normalized spacial score (nSPS) is 18.6. The molecule has 0 saturated heterocycles. The third-order valence-electron chi connectivity index (χ3n) is 2.53. The molecule has 1 aromatic rings. The highest BCUT2D eigenvalue weighted by Crippen LogP contribution is 2.47. The van der Waals surface area contributed by atoms with E-state index in [4.69, 9.17) is 6.42 Å². The molecule has 1 nitrogen and oxygen atoms in total. The number of hydrogen-bond acceptors (Lipinski definition) is 2. The molecule has 0 aliphatic heterocycles. The molecular weight excluding hydrogens is 178 g/mol. The Morgan fingerprint density at radius 2 is 2.31 bits per heavy atom. The zero-order valence-corrected chi connectivity index (χ0v) is 8.82. The molecule has 0 unspecified atom stereocenters. The predicted molar refractivity (Wildman–Crippen MR) is 55.9 cm³/mol. The van der Waals surface area contributed by atoms with Crippen molar-refractivity contribution >= 4 is 11.3 Å². The number of aromatic nitrogens is 1. The first-order chi connectivity index (χ1) is 6.18. The summed E-state index contributed by atoms with van der Waals surface area (Å²) in [5.74, 6) is 3.39. The summed E-state index contributed by atoms with van der Waals surface area (Å²) in [5.41, 5.74) is 1.15. The summed E-state index contributed by atoms with van der Waals surface area (Å²) in [6.07, 6.45) is 7.73. The third kappa shape index (κ3) is 1.38. The number of hydrogen-bond donors (Lipinski definition) is 0. The largest absolute Gasteiger partial charge is 0.244 e. The van der Waals surface area contributed by atoms with Gasteiger partial charge in [-0.1, -0.05) is 19.8 Å². The SMILES string of the molecule is C#CC1(c2csc(C(C)C)n2)CC1. The number of thiazole rings is 1. The Morgan fingerprint density at radius 3 is 2.69 bits per heavy atom. The second-order valence-corrected chi connectivity index (χ2v) is 4.84. The molecule has 1 aliphatic rings. The van der Waals surface area contributed by atoms with E-state index in [0.29, 0.717) is 5.92 Å². The van der Waals surface area contributed by atoms with E-state index in [1.165, 1.54) is 5.01 Å². The zero-order chi connectivity index (χ0) is 9.47. The highest BCUT2D eigenvalue weighted by molar-refractivity contribution is 7.09. The molecule has 1 fully saturated rings. The Morgan fingerprint density at radius 1 is 1.62 bits per heavy atom. The molecule has 0 bridgehead atoms. The van der Waals surface area contributed by atoms with Crippen LogP contribution in [0.3, 0.4) is 0 Å². The average molecular weight is 191 g/mol. The minimum atomic E-state index is 0.0175. The third-order valence-corrected chi connectivity index (χ3v) is 3.68. The van der Waals surface area contributed by atoms with Crippen molar-refractivity contribution in [3.8, 4) is 12.3 Å². The van der Waals surface area contributed by atoms with Crippen LogP contribution in [0.1, 0.15) is 43.3 Å². The first kappa shape index (κ1) is 8.77. The van der Waals surface area contributed by atoms with Crippen molar-refractivity contribution in [2.75, 3.05) is 0 Å². The highest BCUT2D eigenvalue weighted by Gasteiger charge is 2.44. The molecule has 0 spiro atoms. The molecular formula is C11H13NS. The van der Waals surface area contributed by atoms with Crippen molar-refractivity contribution in [3.63, 3.8) is 0 Å². The van der Waals surface area contributed by atoms with Crippen LogP contribution < -0.4 is 0 Å². The van der Waals surface area contributed by atoms with Gasteiger partial charge in [0, 0.05) is 11.3 Å². The van der Waals surface area contributed by atoms with Crippen molar-refractivity contribution in [2.24, 2.45) is 0 Å². The standard InChI is InChI=1S/C11H13NS/c1-4-11(5-6-11)9-7-13-10(12-9)8(2)3/h1,7-8H,5-6H2,2-3H3. The molecule has 68 valence electrons. The Bertz CT molecular complexity index is 352. The van der Waals surface area contributed by atoms with Crippen LogP contribution >= 0.6 is 11.3 Å². The molecule has 1 aromatic heterocycles. The van der Waals surface area contributed by atoms with Crippen LogP contribution in [-0.2, 0) is 5.41 Å². The Kier molecular flexibility index (Phi) is 1.92. The van der Waals surface area contributed by atoms with E-state index in [1.807, 2.05) is 0 Å². The fourth-order valence-corrected chi connectivity index (χ4v) is 2.31. The van der Waals surface area contributed by atoms with Gasteiger partial charge in [0.15, 0.2) is 0 Å². The number of rotatable bonds is 2. The summed E-state index contributed by atoms with van der Waals surface area (Å²) < 4.78 is 0. The van der Waals surface area contributed by atoms with Gasteiger partial charge in [0.05, 0.1) is 16.1 Å². The summed E-state index contributed by atoms with van der Waals surface area (Å²) in [7, 11) is 0. The van der Waals surface area contributed by atoms with Crippen molar-refractivity contribution in [3.05, 3.63) is 16.1 Å². The summed E-state index contributed by atoms with van der Waals surface area (Å²) in [4.78, 5) is 4.59. The van der Waals surface area contributed by atoms with E-state index in [2.05, 4.69) is 30.1 Å². The Hall–Kier alpha value is -0.810. The Balaban J connectivity index is 2.29. The van der Waals surface area contributed by atoms with Gasteiger partial charge in [-0.05, 0) is 12.8 Å². The molecule has 0 aromatic carbocycles.